The van der Waals surface area contributed by atoms with Crippen molar-refractivity contribution in [3.05, 3.63) is 51.4 Å². The smallest absolute Gasteiger partial charge is 0.254 e. The van der Waals surface area contributed by atoms with Crippen molar-refractivity contribution in [3.8, 4) is 0 Å². The molecule has 1 saturated carbocycles. The third-order valence-corrected chi connectivity index (χ3v) is 5.31. The molecule has 25 heavy (non-hydrogen) atoms. The van der Waals surface area contributed by atoms with Gasteiger partial charge in [-0.15, -0.1) is 0 Å². The first kappa shape index (κ1) is 16.4. The van der Waals surface area contributed by atoms with Gasteiger partial charge in [-0.05, 0) is 58.8 Å². The molecule has 1 N–H and O–H groups in total. The highest BCUT2D eigenvalue weighted by Crippen LogP contribution is 2.54. The van der Waals surface area contributed by atoms with E-state index in [1.807, 2.05) is 12.1 Å². The van der Waals surface area contributed by atoms with Crippen LogP contribution in [0.1, 0.15) is 22.3 Å². The van der Waals surface area contributed by atoms with Gasteiger partial charge in [0.25, 0.3) is 5.91 Å². The highest BCUT2D eigenvalue weighted by Gasteiger charge is 2.61. The molecule has 2 aliphatic rings. The molecule has 2 heterocycles. The maximum atomic E-state index is 14.2. The Balaban J connectivity index is 1.57. The number of nitrogens with zero attached hydrogens (tertiary/aromatic N) is 3. The van der Waals surface area contributed by atoms with Crippen molar-refractivity contribution in [2.24, 2.45) is 0 Å². The van der Waals surface area contributed by atoms with Gasteiger partial charge in [0.1, 0.15) is 12.7 Å². The average molecular weight is 452 g/mol. The molecule has 2 aromatic rings. The summed E-state index contributed by atoms with van der Waals surface area (Å²) in [6.45, 7) is 0.0557. The molecule has 1 aromatic heterocycles. The van der Waals surface area contributed by atoms with Gasteiger partial charge in [-0.3, -0.25) is 14.9 Å². The fourth-order valence-electron chi connectivity index (χ4n) is 3.31. The minimum Gasteiger partial charge on any atom is -0.328 e. The van der Waals surface area contributed by atoms with Gasteiger partial charge in [-0.2, -0.15) is 0 Å². The van der Waals surface area contributed by atoms with E-state index in [2.05, 4.69) is 37.9 Å². The molecule has 1 spiro atoms. The van der Waals surface area contributed by atoms with Gasteiger partial charge in [-0.25, -0.2) is 14.4 Å². The van der Waals surface area contributed by atoms with E-state index in [0.717, 1.165) is 9.13 Å². The molecule has 0 bridgehead atoms. The summed E-state index contributed by atoms with van der Waals surface area (Å²) in [6.07, 6.45) is 2.42. The second kappa shape index (κ2) is 6.01. The van der Waals surface area contributed by atoms with Crippen molar-refractivity contribution < 1.29 is 14.0 Å². The first-order chi connectivity index (χ1) is 12.0. The van der Waals surface area contributed by atoms with Crippen molar-refractivity contribution in [3.63, 3.8) is 0 Å². The molecule has 0 unspecified atom stereocenters. The Hall–Kier alpha value is -2.10. The highest BCUT2D eigenvalue weighted by molar-refractivity contribution is 14.1. The molecule has 8 heteroatoms. The molecule has 6 nitrogen and oxygen atoms in total. The zero-order valence-electron chi connectivity index (χ0n) is 13.1. The molecular weight excluding hydrogens is 438 g/mol. The van der Waals surface area contributed by atoms with Gasteiger partial charge < -0.3 is 4.90 Å². The third-order valence-electron chi connectivity index (χ3n) is 4.64. The van der Waals surface area contributed by atoms with E-state index < -0.39 is 17.5 Å². The summed E-state index contributed by atoms with van der Waals surface area (Å²) in [6, 6.07) is 7.06. The Labute approximate surface area is 157 Å². The summed E-state index contributed by atoms with van der Waals surface area (Å²) >= 11 is 2.16. The standard InChI is InChI=1S/C17H14FIN4O2/c18-13-7-17(13)9-23(8-14(24)22-16-20-4-1-5-21-16)15(25)11-3-2-10(19)6-12(11)17/h1-6,13H,7-9H2,(H,20,21,22,24)/t13-,17-/m1/s1. The number of nitrogens with one attached hydrogen (secondary N) is 1. The number of carbonyl (C=O) groups is 2. The molecule has 128 valence electrons. The lowest BCUT2D eigenvalue weighted by Crippen LogP contribution is -2.47. The Kier molecular flexibility index (Phi) is 3.94. The van der Waals surface area contributed by atoms with E-state index in [1.54, 1.807) is 12.1 Å². The van der Waals surface area contributed by atoms with E-state index in [4.69, 9.17) is 0 Å². The molecule has 0 radical (unpaired) electrons. The zero-order chi connectivity index (χ0) is 17.6. The number of halogens is 2. The van der Waals surface area contributed by atoms with E-state index in [0.29, 0.717) is 12.0 Å². The Bertz CT molecular complexity index is 863. The fourth-order valence-corrected chi connectivity index (χ4v) is 3.81. The molecule has 2 amide bonds. The monoisotopic (exact) mass is 452 g/mol. The van der Waals surface area contributed by atoms with Crippen molar-refractivity contribution in [1.29, 1.82) is 0 Å². The van der Waals surface area contributed by atoms with Crippen LogP contribution in [0.3, 0.4) is 0 Å². The van der Waals surface area contributed by atoms with Crippen LogP contribution >= 0.6 is 22.6 Å². The van der Waals surface area contributed by atoms with Crippen LogP contribution in [0, 0.1) is 3.57 Å². The van der Waals surface area contributed by atoms with E-state index in [1.165, 1.54) is 17.3 Å². The molecule has 1 aliphatic heterocycles. The van der Waals surface area contributed by atoms with Gasteiger partial charge >= 0.3 is 0 Å². The zero-order valence-corrected chi connectivity index (χ0v) is 15.2. The summed E-state index contributed by atoms with van der Waals surface area (Å²) in [5, 5.41) is 2.55. The maximum Gasteiger partial charge on any atom is 0.254 e. The second-order valence-corrected chi connectivity index (χ2v) is 7.55. The number of alkyl halides is 1. The van der Waals surface area contributed by atoms with Crippen molar-refractivity contribution in [2.45, 2.75) is 18.0 Å². The number of anilines is 1. The Morgan fingerprint density at radius 1 is 1.40 bits per heavy atom. The number of amides is 2. The first-order valence-electron chi connectivity index (χ1n) is 7.80. The van der Waals surface area contributed by atoms with E-state index >= 15 is 0 Å². The van der Waals surface area contributed by atoms with Gasteiger partial charge in [0, 0.05) is 33.5 Å². The van der Waals surface area contributed by atoms with Gasteiger partial charge in [0.05, 0.1) is 0 Å². The highest BCUT2D eigenvalue weighted by atomic mass is 127. The number of benzene rings is 1. The van der Waals surface area contributed by atoms with Crippen LogP contribution in [0.25, 0.3) is 0 Å². The number of carbonyl (C=O) groups excluding carboxylic acids is 2. The van der Waals surface area contributed by atoms with Crippen molar-refractivity contribution in [2.75, 3.05) is 18.4 Å². The van der Waals surface area contributed by atoms with E-state index in [9.17, 15) is 14.0 Å². The fraction of sp³-hybridized carbons (Fsp3) is 0.294. The predicted molar refractivity (Wildman–Crippen MR) is 96.9 cm³/mol. The number of aromatic nitrogens is 2. The summed E-state index contributed by atoms with van der Waals surface area (Å²) < 4.78 is 15.2. The number of rotatable bonds is 3. The molecular formula is C17H14FIN4O2. The van der Waals surface area contributed by atoms with Gasteiger partial charge in [0.15, 0.2) is 0 Å². The molecule has 1 aliphatic carbocycles. The molecule has 0 saturated heterocycles. The number of hydrogen-bond acceptors (Lipinski definition) is 4. The van der Waals surface area contributed by atoms with Crippen LogP contribution in [-0.4, -0.2) is 45.9 Å². The largest absolute Gasteiger partial charge is 0.328 e. The average Bonchev–Trinajstić information content (AvgIpc) is 3.23. The number of hydrogen-bond donors (Lipinski definition) is 1. The summed E-state index contributed by atoms with van der Waals surface area (Å²) in [5.41, 5.74) is 0.573. The third kappa shape index (κ3) is 2.88. The van der Waals surface area contributed by atoms with Gasteiger partial charge in [-0.1, -0.05) is 0 Å². The molecule has 1 aromatic carbocycles. The van der Waals surface area contributed by atoms with Crippen LogP contribution in [0.5, 0.6) is 0 Å². The normalized spacial score (nSPS) is 24.2. The SMILES string of the molecule is O=C(CN1C[C@]2(C[C@H]2F)c2cc(I)ccc2C1=O)Nc1ncccn1. The molecule has 4 rings (SSSR count). The minimum atomic E-state index is -0.986. The molecule has 1 fully saturated rings. The second-order valence-electron chi connectivity index (χ2n) is 6.30. The summed E-state index contributed by atoms with van der Waals surface area (Å²) in [7, 11) is 0. The van der Waals surface area contributed by atoms with Crippen LogP contribution in [0.2, 0.25) is 0 Å². The maximum absolute atomic E-state index is 14.2. The number of fused-ring (bicyclic) bond motifs is 2. The van der Waals surface area contributed by atoms with Crippen LogP contribution in [-0.2, 0) is 10.2 Å². The predicted octanol–water partition coefficient (Wildman–Crippen LogP) is 2.16. The van der Waals surface area contributed by atoms with Crippen LogP contribution < -0.4 is 5.32 Å². The van der Waals surface area contributed by atoms with Crippen LogP contribution in [0.15, 0.2) is 36.7 Å². The van der Waals surface area contributed by atoms with Crippen LogP contribution in [0.4, 0.5) is 10.3 Å². The van der Waals surface area contributed by atoms with E-state index in [-0.39, 0.29) is 24.9 Å². The summed E-state index contributed by atoms with van der Waals surface area (Å²) in [5.74, 6) is -0.476. The first-order valence-corrected chi connectivity index (χ1v) is 8.88. The Morgan fingerprint density at radius 2 is 2.12 bits per heavy atom. The van der Waals surface area contributed by atoms with Gasteiger partial charge in [0.2, 0.25) is 11.9 Å². The molecule has 2 atom stereocenters. The van der Waals surface area contributed by atoms with Crippen molar-refractivity contribution >= 4 is 40.4 Å². The lowest BCUT2D eigenvalue weighted by atomic mass is 9.86. The Morgan fingerprint density at radius 3 is 2.80 bits per heavy atom. The minimum absolute atomic E-state index is 0.156. The van der Waals surface area contributed by atoms with Crippen molar-refractivity contribution in [1.82, 2.24) is 14.9 Å². The topological polar surface area (TPSA) is 75.2 Å². The quantitative estimate of drug-likeness (QED) is 0.725. The lowest BCUT2D eigenvalue weighted by molar-refractivity contribution is -0.117. The lowest BCUT2D eigenvalue weighted by Gasteiger charge is -2.34. The summed E-state index contributed by atoms with van der Waals surface area (Å²) in [4.78, 5) is 34.2.